The number of rotatable bonds is 28. The van der Waals surface area contributed by atoms with Gasteiger partial charge in [0, 0.05) is 53.4 Å². The number of carbonyl (C=O) groups is 3. The number of benzene rings is 12. The minimum Gasteiger partial charge on any atom is -0.496 e. The van der Waals surface area contributed by atoms with Gasteiger partial charge in [0.25, 0.3) is 0 Å². The van der Waals surface area contributed by atoms with E-state index >= 15 is 0 Å². The zero-order chi connectivity index (χ0) is 91.2. The molecule has 1 unspecified atom stereocenters. The average molecular weight is 1750 g/mol. The van der Waals surface area contributed by atoms with Crippen molar-refractivity contribution in [3.63, 3.8) is 0 Å². The summed E-state index contributed by atoms with van der Waals surface area (Å²) in [6.45, 7) is 19.7. The maximum Gasteiger partial charge on any atom is 0.308 e. The quantitative estimate of drug-likeness (QED) is 0.0192. The highest BCUT2D eigenvalue weighted by atomic mass is 16.6. The van der Waals surface area contributed by atoms with Gasteiger partial charge >= 0.3 is 5.97 Å². The number of hydrogen-bond acceptors (Lipinski definition) is 20. The lowest BCUT2D eigenvalue weighted by molar-refractivity contribution is -0.131. The normalized spacial score (nSPS) is 14.6. The molecule has 20 nitrogen and oxygen atoms in total. The van der Waals surface area contributed by atoms with E-state index < -0.39 is 23.3 Å². The largest absolute Gasteiger partial charge is 0.496 e. The van der Waals surface area contributed by atoms with Crippen LogP contribution in [0.2, 0.25) is 0 Å². The molecule has 0 amide bonds. The van der Waals surface area contributed by atoms with Crippen LogP contribution >= 0.6 is 0 Å². The Morgan fingerprint density at radius 2 is 0.808 bits per heavy atom. The van der Waals surface area contributed by atoms with Gasteiger partial charge in [0.15, 0.2) is 46.1 Å². The van der Waals surface area contributed by atoms with E-state index in [9.17, 15) is 19.2 Å². The van der Waals surface area contributed by atoms with Crippen LogP contribution in [0.4, 0.5) is 0 Å². The minimum absolute atomic E-state index is 0.0324. The first-order chi connectivity index (χ1) is 62.8. The monoisotopic (exact) mass is 1750 g/mol. The van der Waals surface area contributed by atoms with Crippen molar-refractivity contribution in [3.8, 4) is 97.4 Å². The number of ether oxygens (including phenoxy) is 15. The summed E-state index contributed by atoms with van der Waals surface area (Å²) in [6, 6.07) is 75.6. The third kappa shape index (κ3) is 21.4. The third-order valence-electron chi connectivity index (χ3n) is 23.3. The van der Waals surface area contributed by atoms with E-state index in [4.69, 9.17) is 75.5 Å². The molecule has 5 heterocycles. The third-order valence-corrected chi connectivity index (χ3v) is 23.3. The highest BCUT2D eigenvalue weighted by Crippen LogP contribution is 2.52. The van der Waals surface area contributed by atoms with E-state index in [-0.39, 0.29) is 46.9 Å². The van der Waals surface area contributed by atoms with Crippen molar-refractivity contribution in [1.29, 1.82) is 0 Å². The Morgan fingerprint density at radius 1 is 0.408 bits per heavy atom. The van der Waals surface area contributed by atoms with Crippen molar-refractivity contribution in [2.45, 2.75) is 163 Å². The molecule has 130 heavy (non-hydrogen) atoms. The lowest BCUT2D eigenvalue weighted by Gasteiger charge is -2.36. The van der Waals surface area contributed by atoms with E-state index in [2.05, 4.69) is 27.7 Å². The second kappa shape index (κ2) is 40.3. The van der Waals surface area contributed by atoms with Gasteiger partial charge in [-0.1, -0.05) is 182 Å². The smallest absolute Gasteiger partial charge is 0.308 e. The second-order valence-electron chi connectivity index (χ2n) is 34.3. The fourth-order valence-corrected chi connectivity index (χ4v) is 16.3. The van der Waals surface area contributed by atoms with Gasteiger partial charge in [-0.15, -0.1) is 0 Å². The van der Waals surface area contributed by atoms with Crippen molar-refractivity contribution in [3.05, 3.63) is 343 Å². The van der Waals surface area contributed by atoms with E-state index in [1.54, 1.807) is 52.7 Å². The molecular weight excluding hydrogens is 1640 g/mol. The number of aryl methyl sites for hydroxylation is 2. The van der Waals surface area contributed by atoms with Gasteiger partial charge in [0.2, 0.25) is 5.43 Å². The molecule has 17 rings (SSSR count). The van der Waals surface area contributed by atoms with Gasteiger partial charge < -0.3 is 75.5 Å². The van der Waals surface area contributed by atoms with E-state index in [1.165, 1.54) is 19.3 Å². The number of allylic oxidation sites excluding steroid dienone is 1. The van der Waals surface area contributed by atoms with Crippen LogP contribution in [0.3, 0.4) is 0 Å². The average Bonchev–Trinajstić information content (AvgIpc) is 0.752. The number of Topliss-reactive ketones (excluding diaryl/α,β-unsaturated/α-hetero) is 1. The first kappa shape index (κ1) is 90.4. The molecule has 20 heteroatoms. The molecule has 1 aromatic heterocycles. The van der Waals surface area contributed by atoms with E-state index in [1.807, 2.05) is 246 Å². The molecular formula is C110H108O20. The second-order valence-corrected chi connectivity index (χ2v) is 34.3. The fourth-order valence-electron chi connectivity index (χ4n) is 16.3. The standard InChI is InChI=1S/C38H38O8.C36H36O6.C36H34O6/c1-25(39)45-35-22-32-29(18-19-38(2,3)46-32)37(44-24-27-14-10-7-11-15-27)36(35)30(40)17-16-28-20-33(42-5)34(21-31(28)41-4)43-23-26-12-8-6-9-13-26;2*1-23-17-31(39-20-24-11-7-5-8-12-24)30(38-4)18-27(23)28-22-40-32-19-29-26(15-16-36(2,3)42-29)35(33(32)34(28)37)41-21-25-13-9-6-10-14-25/h6-17,20-22H,18-19,23-24H2,1-5H3;5-14,17-19,28H,15-16,20-22H2,1-4H3;5-14,17-19,22H,15-16,20-21H2,1-4H3/b17-16+;;. The summed E-state index contributed by atoms with van der Waals surface area (Å²) in [6.07, 6.45) is 8.98. The van der Waals surface area contributed by atoms with Crippen LogP contribution in [0.5, 0.6) is 86.2 Å². The molecule has 0 N–H and O–H groups in total. The van der Waals surface area contributed by atoms with Crippen LogP contribution in [0.15, 0.2) is 258 Å². The lowest BCUT2D eigenvalue weighted by Crippen LogP contribution is -2.34. The maximum absolute atomic E-state index is 14.3. The lowest BCUT2D eigenvalue weighted by atomic mass is 9.84. The molecule has 0 radical (unpaired) electrons. The van der Waals surface area contributed by atoms with Crippen molar-refractivity contribution in [2.75, 3.05) is 35.0 Å². The van der Waals surface area contributed by atoms with Gasteiger partial charge in [-0.3, -0.25) is 19.2 Å². The van der Waals surface area contributed by atoms with Gasteiger partial charge in [0.1, 0.15) is 143 Å². The Kier molecular flexibility index (Phi) is 28.0. The van der Waals surface area contributed by atoms with Crippen molar-refractivity contribution in [1.82, 2.24) is 0 Å². The fraction of sp³-hybridized carbons (Fsp3) is 0.273. The van der Waals surface area contributed by atoms with Crippen LogP contribution < -0.4 is 76.5 Å². The Morgan fingerprint density at radius 3 is 1.28 bits per heavy atom. The SMILES string of the molecule is COc1cc(-c2coc3cc4c(c(OCc5ccccc5)c3c2=O)CCC(C)(C)O4)c(C)cc1OCc1ccccc1.COc1cc(C2COc3cc4c(c(OCc5ccccc5)c3C2=O)CCC(C)(C)O4)c(C)cc1OCc1ccccc1.COc1cc(OCc2ccccc2)c(OC)cc1/C=C/C(=O)c1c(OC(C)=O)cc2c(c1OCc1ccccc1)CCC(C)(C)O2. The van der Waals surface area contributed by atoms with Crippen LogP contribution in [0, 0.1) is 13.8 Å². The summed E-state index contributed by atoms with van der Waals surface area (Å²) in [5, 5.41) is 0.410. The molecule has 13 aromatic rings. The number of esters is 1. The van der Waals surface area contributed by atoms with E-state index in [0.717, 1.165) is 98.2 Å². The summed E-state index contributed by atoms with van der Waals surface area (Å²) < 4.78 is 97.1. The number of fused-ring (bicyclic) bond motifs is 5. The number of hydrogen-bond donors (Lipinski definition) is 0. The van der Waals surface area contributed by atoms with Crippen LogP contribution in [-0.2, 0) is 63.7 Å². The van der Waals surface area contributed by atoms with Crippen molar-refractivity contribution >= 4 is 34.6 Å². The zero-order valence-corrected chi connectivity index (χ0v) is 75.7. The Labute approximate surface area is 758 Å². The molecule has 0 saturated heterocycles. The first-order valence-electron chi connectivity index (χ1n) is 43.6. The highest BCUT2D eigenvalue weighted by Gasteiger charge is 2.41. The Bertz CT molecular complexity index is 6320. The van der Waals surface area contributed by atoms with Crippen LogP contribution in [0.1, 0.15) is 167 Å². The van der Waals surface area contributed by atoms with E-state index in [0.29, 0.717) is 154 Å². The molecule has 0 bridgehead atoms. The molecule has 0 saturated carbocycles. The predicted octanol–water partition coefficient (Wildman–Crippen LogP) is 23.4. The molecule has 668 valence electrons. The van der Waals surface area contributed by atoms with Gasteiger partial charge in [0.05, 0.1) is 39.9 Å². The molecule has 0 aliphatic carbocycles. The highest BCUT2D eigenvalue weighted by molar-refractivity contribution is 6.12. The molecule has 4 aliphatic heterocycles. The van der Waals surface area contributed by atoms with Crippen LogP contribution in [0.25, 0.3) is 28.2 Å². The Balaban J connectivity index is 0.000000150. The van der Waals surface area contributed by atoms with Gasteiger partial charge in [-0.2, -0.15) is 0 Å². The topological polar surface area (TPSA) is 220 Å². The number of ketones is 2. The zero-order valence-electron chi connectivity index (χ0n) is 75.7. The molecule has 12 aromatic carbocycles. The minimum atomic E-state index is -0.570. The summed E-state index contributed by atoms with van der Waals surface area (Å²) in [7, 11) is 6.30. The van der Waals surface area contributed by atoms with Gasteiger partial charge in [-0.25, -0.2) is 0 Å². The van der Waals surface area contributed by atoms with Crippen molar-refractivity contribution < 1.29 is 89.9 Å². The number of methoxy groups -OCH3 is 4. The molecule has 1 atom stereocenters. The summed E-state index contributed by atoms with van der Waals surface area (Å²) >= 11 is 0. The summed E-state index contributed by atoms with van der Waals surface area (Å²) in [5.74, 6) is 6.17. The first-order valence-corrected chi connectivity index (χ1v) is 43.6. The molecule has 0 fully saturated rings. The Hall–Kier alpha value is -14.4. The molecule has 0 spiro atoms. The number of carbonyl (C=O) groups excluding carboxylic acids is 3. The van der Waals surface area contributed by atoms with Gasteiger partial charge in [-0.05, 0) is 192 Å². The predicted molar refractivity (Wildman–Crippen MR) is 500 cm³/mol. The van der Waals surface area contributed by atoms with Crippen LogP contribution in [-0.4, -0.2) is 69.4 Å². The maximum atomic E-state index is 14.3. The molecule has 4 aliphatic rings. The van der Waals surface area contributed by atoms with Crippen molar-refractivity contribution in [2.24, 2.45) is 0 Å². The summed E-state index contributed by atoms with van der Waals surface area (Å²) in [5.41, 5.74) is 12.8. The summed E-state index contributed by atoms with van der Waals surface area (Å²) in [4.78, 5) is 54.9.